The van der Waals surface area contributed by atoms with Gasteiger partial charge in [0.2, 0.25) is 5.88 Å². The highest BCUT2D eigenvalue weighted by molar-refractivity contribution is 7.92. The first kappa shape index (κ1) is 22.8. The predicted octanol–water partition coefficient (Wildman–Crippen LogP) is 5.66. The number of hydrogen-bond acceptors (Lipinski definition) is 8. The summed E-state index contributed by atoms with van der Waals surface area (Å²) in [7, 11) is -3.80. The third-order valence-electron chi connectivity index (χ3n) is 6.35. The Labute approximate surface area is 202 Å². The van der Waals surface area contributed by atoms with Gasteiger partial charge in [0, 0.05) is 16.1 Å². The highest BCUT2D eigenvalue weighted by Crippen LogP contribution is 2.44. The number of rotatable bonds is 5. The molecule has 0 radical (unpaired) electrons. The van der Waals surface area contributed by atoms with E-state index in [0.717, 1.165) is 41.0 Å². The van der Waals surface area contributed by atoms with Crippen LogP contribution < -0.4 is 10.0 Å². The number of aromatic nitrogens is 3. The van der Waals surface area contributed by atoms with Crippen LogP contribution in [0.25, 0.3) is 10.2 Å². The van der Waals surface area contributed by atoms with Crippen molar-refractivity contribution in [2.75, 3.05) is 10.0 Å². The first-order valence-corrected chi connectivity index (χ1v) is 13.4. The smallest absolute Gasteiger partial charge is 0.264 e. The molecule has 3 heterocycles. The molecule has 0 bridgehead atoms. The van der Waals surface area contributed by atoms with Crippen molar-refractivity contribution in [1.82, 2.24) is 15.1 Å². The van der Waals surface area contributed by atoms with E-state index in [2.05, 4.69) is 34.0 Å². The van der Waals surface area contributed by atoms with E-state index in [1.165, 1.54) is 10.4 Å². The summed E-state index contributed by atoms with van der Waals surface area (Å²) in [6.45, 7) is 10.0. The van der Waals surface area contributed by atoms with Gasteiger partial charge < -0.3 is 9.84 Å². The molecule has 178 valence electrons. The molecule has 4 aromatic rings. The van der Waals surface area contributed by atoms with Crippen molar-refractivity contribution in [3.63, 3.8) is 0 Å². The second-order valence-corrected chi connectivity index (χ2v) is 12.4. The van der Waals surface area contributed by atoms with Gasteiger partial charge in [0.15, 0.2) is 0 Å². The summed E-state index contributed by atoms with van der Waals surface area (Å²) in [5.41, 5.74) is 3.68. The molecule has 0 amide bonds. The van der Waals surface area contributed by atoms with Crippen molar-refractivity contribution in [3.05, 3.63) is 51.8 Å². The quantitative estimate of drug-likeness (QED) is 0.366. The lowest BCUT2D eigenvalue weighted by Crippen LogP contribution is -2.20. The summed E-state index contributed by atoms with van der Waals surface area (Å²) in [6, 6.07) is 6.58. The average molecular weight is 498 g/mol. The van der Waals surface area contributed by atoms with Crippen LogP contribution in [-0.2, 0) is 22.9 Å². The Morgan fingerprint density at radius 1 is 1.09 bits per heavy atom. The molecule has 0 fully saturated rings. The largest absolute Gasteiger partial charge is 0.340 e. The minimum atomic E-state index is -3.80. The highest BCUT2D eigenvalue weighted by Gasteiger charge is 2.30. The van der Waals surface area contributed by atoms with Crippen molar-refractivity contribution < 1.29 is 12.9 Å². The molecule has 34 heavy (non-hydrogen) atoms. The van der Waals surface area contributed by atoms with Crippen LogP contribution in [0.4, 0.5) is 17.4 Å². The zero-order valence-corrected chi connectivity index (χ0v) is 21.4. The van der Waals surface area contributed by atoms with E-state index >= 15 is 0 Å². The maximum atomic E-state index is 12.8. The molecule has 3 aromatic heterocycles. The summed E-state index contributed by atoms with van der Waals surface area (Å²) in [4.78, 5) is 11.9. The van der Waals surface area contributed by atoms with Crippen LogP contribution in [-0.4, -0.2) is 23.5 Å². The molecular weight excluding hydrogens is 470 g/mol. The number of anilines is 3. The minimum Gasteiger partial charge on any atom is -0.340 e. The Kier molecular flexibility index (Phi) is 5.40. The maximum absolute atomic E-state index is 12.8. The van der Waals surface area contributed by atoms with Gasteiger partial charge in [-0.15, -0.1) is 11.3 Å². The normalized spacial score (nSPS) is 15.3. The third-order valence-corrected chi connectivity index (χ3v) is 8.82. The lowest BCUT2D eigenvalue weighted by atomic mass is 9.77. The van der Waals surface area contributed by atoms with Crippen molar-refractivity contribution in [2.45, 2.75) is 58.8 Å². The lowest BCUT2D eigenvalue weighted by Gasteiger charge is -2.29. The molecule has 1 aliphatic carbocycles. The summed E-state index contributed by atoms with van der Waals surface area (Å²) >= 11 is 1.76. The second-order valence-electron chi connectivity index (χ2n) is 9.62. The summed E-state index contributed by atoms with van der Waals surface area (Å²) in [5, 5.41) is 8.27. The molecule has 1 aliphatic rings. The van der Waals surface area contributed by atoms with E-state index < -0.39 is 10.0 Å². The van der Waals surface area contributed by atoms with Crippen molar-refractivity contribution in [1.29, 1.82) is 0 Å². The number of thiophene rings is 1. The van der Waals surface area contributed by atoms with Gasteiger partial charge in [-0.05, 0) is 75.3 Å². The van der Waals surface area contributed by atoms with Gasteiger partial charge in [-0.25, -0.2) is 23.1 Å². The third kappa shape index (κ3) is 4.16. The maximum Gasteiger partial charge on any atom is 0.264 e. The van der Waals surface area contributed by atoms with Crippen molar-refractivity contribution in [3.8, 4) is 0 Å². The van der Waals surface area contributed by atoms with E-state index in [0.29, 0.717) is 22.5 Å². The molecule has 5 rings (SSSR count). The molecule has 0 unspecified atom stereocenters. The number of benzene rings is 1. The molecule has 0 saturated heterocycles. The van der Waals surface area contributed by atoms with Crippen LogP contribution in [0.3, 0.4) is 0 Å². The fourth-order valence-electron chi connectivity index (χ4n) is 4.24. The Morgan fingerprint density at radius 2 is 1.82 bits per heavy atom. The van der Waals surface area contributed by atoms with Gasteiger partial charge >= 0.3 is 0 Å². The fraction of sp³-hybridized carbons (Fsp3) is 0.375. The van der Waals surface area contributed by atoms with Crippen LogP contribution in [0.5, 0.6) is 0 Å². The van der Waals surface area contributed by atoms with E-state index in [1.54, 1.807) is 49.4 Å². The molecule has 0 saturated carbocycles. The monoisotopic (exact) mass is 497 g/mol. The minimum absolute atomic E-state index is 0.129. The Morgan fingerprint density at radius 3 is 2.50 bits per heavy atom. The summed E-state index contributed by atoms with van der Waals surface area (Å²) in [6.07, 6.45) is 3.18. The topological polar surface area (TPSA) is 110 Å². The zero-order chi connectivity index (χ0) is 24.3. The van der Waals surface area contributed by atoms with E-state index in [9.17, 15) is 8.42 Å². The predicted molar refractivity (Wildman–Crippen MR) is 134 cm³/mol. The number of nitrogens with one attached hydrogen (secondary N) is 2. The van der Waals surface area contributed by atoms with Crippen LogP contribution in [0.2, 0.25) is 0 Å². The zero-order valence-electron chi connectivity index (χ0n) is 19.8. The molecule has 0 spiro atoms. The molecule has 8 nitrogen and oxygen atoms in total. The first-order valence-electron chi connectivity index (χ1n) is 11.1. The highest BCUT2D eigenvalue weighted by atomic mass is 32.2. The van der Waals surface area contributed by atoms with Gasteiger partial charge in [0.05, 0.1) is 16.0 Å². The molecule has 0 atom stereocenters. The van der Waals surface area contributed by atoms with Crippen LogP contribution in [0, 0.1) is 26.2 Å². The number of aryl methyl sites for hydroxylation is 3. The number of hydrogen-bond donors (Lipinski definition) is 2. The Bertz CT molecular complexity index is 1500. The first-order chi connectivity index (χ1) is 16.0. The standard InChI is InChI=1S/C24H27N5O3S2/c1-13-14(2)28-32-22(13)29-34(30,31)17-8-6-16(7-9-17)27-21-20-18-10-11-24(4,5)12-19(18)33-23(20)26-15(3)25-21/h6-9,29H,10-12H2,1-5H3,(H,25,26,27). The van der Waals surface area contributed by atoms with Crippen molar-refractivity contribution >= 4 is 49.0 Å². The number of fused-ring (bicyclic) bond motifs is 3. The molecular formula is C24H27N5O3S2. The summed E-state index contributed by atoms with van der Waals surface area (Å²) in [5.74, 6) is 1.60. The van der Waals surface area contributed by atoms with Gasteiger partial charge in [-0.3, -0.25) is 0 Å². The number of sulfonamides is 1. The molecule has 2 N–H and O–H groups in total. The van der Waals surface area contributed by atoms with Gasteiger partial charge in [-0.2, -0.15) is 0 Å². The van der Waals surface area contributed by atoms with E-state index in [-0.39, 0.29) is 10.8 Å². The Balaban J connectivity index is 1.44. The van der Waals surface area contributed by atoms with Crippen LogP contribution >= 0.6 is 11.3 Å². The van der Waals surface area contributed by atoms with Crippen molar-refractivity contribution in [2.24, 2.45) is 5.41 Å². The lowest BCUT2D eigenvalue weighted by molar-refractivity contribution is 0.320. The van der Waals surface area contributed by atoms with E-state index in [1.807, 2.05) is 6.92 Å². The molecule has 0 aliphatic heterocycles. The Hall–Kier alpha value is -2.98. The van der Waals surface area contributed by atoms with E-state index in [4.69, 9.17) is 9.51 Å². The fourth-order valence-corrected chi connectivity index (χ4v) is 6.81. The SMILES string of the molecule is Cc1nc(Nc2ccc(S(=O)(=O)Nc3onc(C)c3C)cc2)c2c3c(sc2n1)CC(C)(C)CC3. The molecule has 1 aromatic carbocycles. The number of nitrogens with zero attached hydrogens (tertiary/aromatic N) is 3. The van der Waals surface area contributed by atoms with Crippen LogP contribution in [0.1, 0.15) is 47.8 Å². The van der Waals surface area contributed by atoms with Gasteiger partial charge in [0.25, 0.3) is 10.0 Å². The summed E-state index contributed by atoms with van der Waals surface area (Å²) < 4.78 is 33.1. The second kappa shape index (κ2) is 8.06. The van der Waals surface area contributed by atoms with Gasteiger partial charge in [-0.1, -0.05) is 19.0 Å². The van der Waals surface area contributed by atoms with Crippen LogP contribution in [0.15, 0.2) is 33.7 Å². The van der Waals surface area contributed by atoms with Gasteiger partial charge in [0.1, 0.15) is 16.5 Å². The average Bonchev–Trinajstić information content (AvgIpc) is 3.26. The molecule has 10 heteroatoms.